The zero-order valence-electron chi connectivity index (χ0n) is 20.9. The standard InChI is InChI=1S/C29H29N5O2/c1-18-25(19-8-6-5-7-9-19)28(34-33-18)32-23-14-29(2,3)15-24(35)27(23)26(21(16-30)17-31)20-10-12-22(36-4)13-11-20/h5-13,21,26H,14-15H2,1-4H3,(H2,32,33,34). The molecule has 3 aromatic rings. The third-order valence-corrected chi connectivity index (χ3v) is 6.60. The second-order valence-electron chi connectivity index (χ2n) is 9.88. The fraction of sp³-hybridized carbons (Fsp3) is 0.310. The Morgan fingerprint density at radius 1 is 1.06 bits per heavy atom. The van der Waals surface area contributed by atoms with Gasteiger partial charge in [-0.2, -0.15) is 15.6 Å². The van der Waals surface area contributed by atoms with Gasteiger partial charge in [0.1, 0.15) is 11.7 Å². The maximum atomic E-state index is 13.7. The van der Waals surface area contributed by atoms with Gasteiger partial charge in [0.2, 0.25) is 0 Å². The van der Waals surface area contributed by atoms with Gasteiger partial charge >= 0.3 is 0 Å². The molecule has 36 heavy (non-hydrogen) atoms. The number of benzene rings is 2. The number of aromatic amines is 1. The van der Waals surface area contributed by atoms with Crippen LogP contribution in [0.5, 0.6) is 5.75 Å². The molecule has 182 valence electrons. The topological polar surface area (TPSA) is 115 Å². The highest BCUT2D eigenvalue weighted by molar-refractivity contribution is 6.00. The van der Waals surface area contributed by atoms with Crippen LogP contribution < -0.4 is 10.1 Å². The zero-order valence-corrected chi connectivity index (χ0v) is 20.9. The lowest BCUT2D eigenvalue weighted by atomic mass is 9.69. The van der Waals surface area contributed by atoms with Crippen LogP contribution in [0.25, 0.3) is 11.1 Å². The van der Waals surface area contributed by atoms with Crippen LogP contribution in [0.15, 0.2) is 65.9 Å². The smallest absolute Gasteiger partial charge is 0.161 e. The number of aromatic nitrogens is 2. The van der Waals surface area contributed by atoms with Gasteiger partial charge in [-0.15, -0.1) is 0 Å². The third-order valence-electron chi connectivity index (χ3n) is 6.60. The normalized spacial score (nSPS) is 15.8. The van der Waals surface area contributed by atoms with E-state index < -0.39 is 11.8 Å². The lowest BCUT2D eigenvalue weighted by molar-refractivity contribution is -0.118. The Morgan fingerprint density at radius 3 is 2.33 bits per heavy atom. The van der Waals surface area contributed by atoms with Crippen molar-refractivity contribution in [2.75, 3.05) is 12.4 Å². The molecular formula is C29H29N5O2. The molecule has 2 N–H and O–H groups in total. The van der Waals surface area contributed by atoms with Crippen molar-refractivity contribution in [1.29, 1.82) is 10.5 Å². The van der Waals surface area contributed by atoms with E-state index in [2.05, 4.69) is 27.7 Å². The molecule has 1 unspecified atom stereocenters. The van der Waals surface area contributed by atoms with Crippen LogP contribution in [0.4, 0.5) is 5.82 Å². The molecule has 0 saturated carbocycles. The van der Waals surface area contributed by atoms with Gasteiger partial charge in [-0.05, 0) is 42.0 Å². The number of Topliss-reactive ketones (excluding diaryl/α,β-unsaturated/α-hetero) is 1. The van der Waals surface area contributed by atoms with Gasteiger partial charge < -0.3 is 10.1 Å². The molecule has 4 rings (SSSR count). The summed E-state index contributed by atoms with van der Waals surface area (Å²) in [5, 5.41) is 30.8. The lowest BCUT2D eigenvalue weighted by Gasteiger charge is -2.35. The molecule has 0 aliphatic heterocycles. The molecule has 0 saturated heterocycles. The van der Waals surface area contributed by atoms with Crippen LogP contribution >= 0.6 is 0 Å². The average Bonchev–Trinajstić information content (AvgIpc) is 3.23. The minimum Gasteiger partial charge on any atom is -0.497 e. The number of nitriles is 2. The highest BCUT2D eigenvalue weighted by Gasteiger charge is 2.40. The number of anilines is 1. The molecule has 0 fully saturated rings. The molecule has 0 radical (unpaired) electrons. The van der Waals surface area contributed by atoms with E-state index in [-0.39, 0.29) is 11.2 Å². The van der Waals surface area contributed by atoms with Crippen molar-refractivity contribution >= 4 is 11.6 Å². The van der Waals surface area contributed by atoms with Crippen molar-refractivity contribution in [1.82, 2.24) is 10.2 Å². The van der Waals surface area contributed by atoms with Gasteiger partial charge in [0, 0.05) is 34.9 Å². The van der Waals surface area contributed by atoms with Gasteiger partial charge in [-0.1, -0.05) is 56.3 Å². The number of ether oxygens (including phenoxy) is 1. The Morgan fingerprint density at radius 2 is 1.72 bits per heavy atom. The average molecular weight is 480 g/mol. The van der Waals surface area contributed by atoms with Crippen LogP contribution in [0.1, 0.15) is 43.9 Å². The number of carbonyl (C=O) groups is 1. The van der Waals surface area contributed by atoms with Crippen molar-refractivity contribution in [3.63, 3.8) is 0 Å². The first-order chi connectivity index (χ1) is 17.3. The highest BCUT2D eigenvalue weighted by atomic mass is 16.5. The summed E-state index contributed by atoms with van der Waals surface area (Å²) in [6, 6.07) is 21.3. The number of nitrogens with zero attached hydrogens (tertiary/aromatic N) is 3. The van der Waals surface area contributed by atoms with E-state index in [0.717, 1.165) is 16.8 Å². The van der Waals surface area contributed by atoms with Crippen LogP contribution in [0.2, 0.25) is 0 Å². The van der Waals surface area contributed by atoms with Crippen LogP contribution in [-0.2, 0) is 4.79 Å². The van der Waals surface area contributed by atoms with E-state index >= 15 is 0 Å². The number of hydrogen-bond acceptors (Lipinski definition) is 6. The largest absolute Gasteiger partial charge is 0.497 e. The highest BCUT2D eigenvalue weighted by Crippen LogP contribution is 2.45. The Kier molecular flexibility index (Phi) is 6.94. The summed E-state index contributed by atoms with van der Waals surface area (Å²) in [6.07, 6.45) is 0.902. The van der Waals surface area contributed by atoms with Crippen LogP contribution in [0, 0.1) is 40.9 Å². The van der Waals surface area contributed by atoms with Crippen molar-refractivity contribution < 1.29 is 9.53 Å². The Bertz CT molecular complexity index is 1360. The summed E-state index contributed by atoms with van der Waals surface area (Å²) in [7, 11) is 1.58. The number of H-pyrrole nitrogens is 1. The molecule has 1 aliphatic carbocycles. The maximum absolute atomic E-state index is 13.7. The minimum absolute atomic E-state index is 0.0708. The maximum Gasteiger partial charge on any atom is 0.161 e. The third kappa shape index (κ3) is 4.87. The van der Waals surface area contributed by atoms with E-state index in [4.69, 9.17) is 4.74 Å². The van der Waals surface area contributed by atoms with E-state index in [1.54, 1.807) is 19.2 Å². The quantitative estimate of drug-likeness (QED) is 0.436. The minimum atomic E-state index is -1.04. The van der Waals surface area contributed by atoms with E-state index in [1.165, 1.54) is 0 Å². The first kappa shape index (κ1) is 24.8. The van der Waals surface area contributed by atoms with Gasteiger partial charge in [-0.3, -0.25) is 9.89 Å². The number of aryl methyl sites for hydroxylation is 1. The van der Waals surface area contributed by atoms with Gasteiger partial charge in [-0.25, -0.2) is 0 Å². The molecule has 1 aromatic heterocycles. The van der Waals surface area contributed by atoms with Crippen molar-refractivity contribution in [2.24, 2.45) is 11.3 Å². The second kappa shape index (κ2) is 10.1. The molecule has 0 bridgehead atoms. The number of carbonyl (C=O) groups excluding carboxylic acids is 1. The first-order valence-corrected chi connectivity index (χ1v) is 11.8. The molecule has 1 atom stereocenters. The van der Waals surface area contributed by atoms with Crippen molar-refractivity contribution in [3.05, 3.63) is 77.1 Å². The lowest BCUT2D eigenvalue weighted by Crippen LogP contribution is -2.32. The molecule has 1 heterocycles. The number of ketones is 1. The molecule has 7 heteroatoms. The summed E-state index contributed by atoms with van der Waals surface area (Å²) in [6.45, 7) is 6.05. The summed E-state index contributed by atoms with van der Waals surface area (Å²) >= 11 is 0. The number of methoxy groups -OCH3 is 1. The SMILES string of the molecule is COc1ccc(C(C2=C(Nc3n[nH]c(C)c3-c3ccccc3)CC(C)(C)CC2=O)C(C#N)C#N)cc1. The Hall–Kier alpha value is -4.36. The Labute approximate surface area is 211 Å². The number of allylic oxidation sites excluding steroid dienone is 2. The first-order valence-electron chi connectivity index (χ1n) is 11.8. The number of rotatable bonds is 7. The van der Waals surface area contributed by atoms with E-state index in [0.29, 0.717) is 41.2 Å². The second-order valence-corrected chi connectivity index (χ2v) is 9.88. The van der Waals surface area contributed by atoms with Crippen molar-refractivity contribution in [3.8, 4) is 29.0 Å². The molecule has 0 spiro atoms. The van der Waals surface area contributed by atoms with Gasteiger partial charge in [0.05, 0.1) is 19.2 Å². The predicted octanol–water partition coefficient (Wildman–Crippen LogP) is 5.90. The van der Waals surface area contributed by atoms with E-state index in [9.17, 15) is 15.3 Å². The Balaban J connectivity index is 1.89. The molecule has 0 amide bonds. The van der Waals surface area contributed by atoms with Gasteiger partial charge in [0.25, 0.3) is 0 Å². The van der Waals surface area contributed by atoms with Crippen LogP contribution in [0.3, 0.4) is 0 Å². The van der Waals surface area contributed by atoms with Crippen LogP contribution in [-0.4, -0.2) is 23.1 Å². The molecule has 1 aliphatic rings. The fourth-order valence-corrected chi connectivity index (χ4v) is 4.94. The summed E-state index contributed by atoms with van der Waals surface area (Å²) in [4.78, 5) is 13.7. The van der Waals surface area contributed by atoms with Crippen molar-refractivity contribution in [2.45, 2.75) is 39.5 Å². The summed E-state index contributed by atoms with van der Waals surface area (Å²) in [5.74, 6) is -0.553. The fourth-order valence-electron chi connectivity index (χ4n) is 4.94. The number of hydrogen-bond donors (Lipinski definition) is 2. The monoisotopic (exact) mass is 479 g/mol. The summed E-state index contributed by atoms with van der Waals surface area (Å²) < 4.78 is 5.28. The van der Waals surface area contributed by atoms with E-state index in [1.807, 2.05) is 63.2 Å². The number of nitrogens with one attached hydrogen (secondary N) is 2. The predicted molar refractivity (Wildman–Crippen MR) is 138 cm³/mol. The van der Waals surface area contributed by atoms with Gasteiger partial charge in [0.15, 0.2) is 11.6 Å². The molecule has 2 aromatic carbocycles. The molecular weight excluding hydrogens is 450 g/mol. The molecule has 7 nitrogen and oxygen atoms in total. The summed E-state index contributed by atoms with van der Waals surface area (Å²) in [5.41, 5.74) is 4.38. The zero-order chi connectivity index (χ0) is 25.9.